The maximum Gasteiger partial charge on any atom is 0.311 e. The van der Waals surface area contributed by atoms with Crippen LogP contribution in [0.1, 0.15) is 61.3 Å². The fourth-order valence-electron chi connectivity index (χ4n) is 2.06. The Morgan fingerprint density at radius 2 is 1.36 bits per heavy atom. The van der Waals surface area contributed by atoms with Crippen molar-refractivity contribution in [2.75, 3.05) is 0 Å². The number of carbonyl (C=O) groups is 2. The number of hydrogen-bond acceptors (Lipinski definition) is 5. The average Bonchev–Trinajstić information content (AvgIpc) is 2.37. The van der Waals surface area contributed by atoms with Gasteiger partial charge in [0.15, 0.2) is 11.5 Å². The van der Waals surface area contributed by atoms with Crippen molar-refractivity contribution in [3.63, 3.8) is 0 Å². The van der Waals surface area contributed by atoms with E-state index in [1.165, 1.54) is 0 Å². The molecular formula is C20H30O5. The third-order valence-electron chi connectivity index (χ3n) is 2.94. The summed E-state index contributed by atoms with van der Waals surface area (Å²) in [5.74, 6) is 0.595. The van der Waals surface area contributed by atoms with E-state index in [4.69, 9.17) is 14.2 Å². The minimum Gasteiger partial charge on any atom is -0.488 e. The van der Waals surface area contributed by atoms with Crippen LogP contribution in [0.5, 0.6) is 17.2 Å². The van der Waals surface area contributed by atoms with E-state index in [1.54, 1.807) is 18.2 Å². The molecule has 0 fully saturated rings. The Morgan fingerprint density at radius 3 is 1.80 bits per heavy atom. The Bertz CT molecular complexity index is 597. The van der Waals surface area contributed by atoms with Crippen LogP contribution >= 0.6 is 0 Å². The summed E-state index contributed by atoms with van der Waals surface area (Å²) in [6.45, 7) is 13.5. The Hall–Kier alpha value is -2.04. The monoisotopic (exact) mass is 350 g/mol. The second-order valence-electron chi connectivity index (χ2n) is 7.97. The van der Waals surface area contributed by atoms with Crippen molar-refractivity contribution >= 4 is 11.9 Å². The summed E-state index contributed by atoms with van der Waals surface area (Å²) in [6.07, 6.45) is 0.573. The van der Waals surface area contributed by atoms with Crippen molar-refractivity contribution < 1.29 is 23.8 Å². The quantitative estimate of drug-likeness (QED) is 0.524. The zero-order valence-electron chi connectivity index (χ0n) is 16.3. The fraction of sp³-hybridized carbons (Fsp3) is 0.600. The Kier molecular flexibility index (Phi) is 7.46. The van der Waals surface area contributed by atoms with Gasteiger partial charge in [0.1, 0.15) is 11.4 Å². The SMILES string of the molecule is CC(C)CC(=O)Oc1ccc(OC(C)(C)C)cc1OC(=O)CC(C)C. The van der Waals surface area contributed by atoms with Gasteiger partial charge in [-0.15, -0.1) is 0 Å². The van der Waals surface area contributed by atoms with Crippen molar-refractivity contribution in [2.45, 2.75) is 66.9 Å². The van der Waals surface area contributed by atoms with E-state index in [1.807, 2.05) is 48.5 Å². The molecule has 0 bridgehead atoms. The molecule has 0 unspecified atom stereocenters. The zero-order valence-corrected chi connectivity index (χ0v) is 16.3. The predicted octanol–water partition coefficient (Wildman–Crippen LogP) is 4.77. The van der Waals surface area contributed by atoms with Crippen LogP contribution < -0.4 is 14.2 Å². The third kappa shape index (κ3) is 8.57. The molecule has 1 rings (SSSR count). The van der Waals surface area contributed by atoms with E-state index in [0.717, 1.165) is 0 Å². The lowest BCUT2D eigenvalue weighted by atomic mass is 10.1. The van der Waals surface area contributed by atoms with E-state index in [0.29, 0.717) is 12.2 Å². The van der Waals surface area contributed by atoms with Gasteiger partial charge in [-0.05, 0) is 44.7 Å². The molecule has 0 spiro atoms. The summed E-state index contributed by atoms with van der Waals surface area (Å²) in [4.78, 5) is 24.0. The smallest absolute Gasteiger partial charge is 0.311 e. The van der Waals surface area contributed by atoms with Crippen LogP contribution in [0.4, 0.5) is 0 Å². The number of hydrogen-bond donors (Lipinski definition) is 0. The highest BCUT2D eigenvalue weighted by molar-refractivity contribution is 5.76. The van der Waals surface area contributed by atoms with Gasteiger partial charge < -0.3 is 14.2 Å². The Balaban J connectivity index is 3.04. The highest BCUT2D eigenvalue weighted by atomic mass is 16.6. The number of esters is 2. The molecular weight excluding hydrogens is 320 g/mol. The van der Waals surface area contributed by atoms with Crippen molar-refractivity contribution in [1.82, 2.24) is 0 Å². The summed E-state index contributed by atoms with van der Waals surface area (Å²) in [5, 5.41) is 0. The lowest BCUT2D eigenvalue weighted by Gasteiger charge is -2.22. The average molecular weight is 350 g/mol. The molecule has 140 valence electrons. The molecule has 0 aliphatic rings. The van der Waals surface area contributed by atoms with Gasteiger partial charge in [-0.3, -0.25) is 9.59 Å². The fourth-order valence-corrected chi connectivity index (χ4v) is 2.06. The molecule has 1 aromatic rings. The first kappa shape index (κ1) is 21.0. The van der Waals surface area contributed by atoms with Crippen LogP contribution in [-0.4, -0.2) is 17.5 Å². The van der Waals surface area contributed by atoms with Gasteiger partial charge in [0.25, 0.3) is 0 Å². The second-order valence-corrected chi connectivity index (χ2v) is 7.97. The molecule has 5 heteroatoms. The van der Waals surface area contributed by atoms with Crippen molar-refractivity contribution in [2.24, 2.45) is 11.8 Å². The van der Waals surface area contributed by atoms with Crippen LogP contribution in [0.25, 0.3) is 0 Å². The maximum absolute atomic E-state index is 12.0. The van der Waals surface area contributed by atoms with Gasteiger partial charge >= 0.3 is 11.9 Å². The molecule has 0 radical (unpaired) electrons. The summed E-state index contributed by atoms with van der Waals surface area (Å²) in [5.41, 5.74) is -0.394. The van der Waals surface area contributed by atoms with E-state index in [2.05, 4.69) is 0 Å². The molecule has 25 heavy (non-hydrogen) atoms. The molecule has 0 saturated carbocycles. The number of benzene rings is 1. The van der Waals surface area contributed by atoms with Gasteiger partial charge in [0.2, 0.25) is 0 Å². The molecule has 0 N–H and O–H groups in total. The Morgan fingerprint density at radius 1 is 0.880 bits per heavy atom. The highest BCUT2D eigenvalue weighted by Crippen LogP contribution is 2.34. The number of ether oxygens (including phenoxy) is 3. The van der Waals surface area contributed by atoms with E-state index < -0.39 is 5.60 Å². The lowest BCUT2D eigenvalue weighted by Crippen LogP contribution is -2.23. The molecule has 5 nitrogen and oxygen atoms in total. The van der Waals surface area contributed by atoms with Gasteiger partial charge in [0.05, 0.1) is 0 Å². The van der Waals surface area contributed by atoms with Crippen molar-refractivity contribution in [1.29, 1.82) is 0 Å². The number of rotatable bonds is 7. The molecule has 1 aromatic carbocycles. The first-order valence-electron chi connectivity index (χ1n) is 8.70. The van der Waals surface area contributed by atoms with E-state index in [-0.39, 0.29) is 41.7 Å². The van der Waals surface area contributed by atoms with Crippen molar-refractivity contribution in [3.05, 3.63) is 18.2 Å². The van der Waals surface area contributed by atoms with Gasteiger partial charge in [0, 0.05) is 18.9 Å². The van der Waals surface area contributed by atoms with E-state index in [9.17, 15) is 9.59 Å². The van der Waals surface area contributed by atoms with Crippen LogP contribution in [0.3, 0.4) is 0 Å². The first-order valence-corrected chi connectivity index (χ1v) is 8.70. The molecule has 0 amide bonds. The van der Waals surface area contributed by atoms with Crippen LogP contribution in [0.2, 0.25) is 0 Å². The normalized spacial score (nSPS) is 11.6. The summed E-state index contributed by atoms with van der Waals surface area (Å²) in [7, 11) is 0. The molecule has 0 saturated heterocycles. The van der Waals surface area contributed by atoms with E-state index >= 15 is 0 Å². The first-order chi connectivity index (χ1) is 11.5. The molecule has 0 heterocycles. The summed E-state index contributed by atoms with van der Waals surface area (Å²) in [6, 6.07) is 4.88. The minimum atomic E-state index is -0.394. The van der Waals surface area contributed by atoms with Gasteiger partial charge in [-0.1, -0.05) is 27.7 Å². The molecule has 0 aliphatic carbocycles. The number of carbonyl (C=O) groups excluding carboxylic acids is 2. The zero-order chi connectivity index (χ0) is 19.2. The predicted molar refractivity (Wildman–Crippen MR) is 97.0 cm³/mol. The third-order valence-corrected chi connectivity index (χ3v) is 2.94. The summed E-state index contributed by atoms with van der Waals surface area (Å²) >= 11 is 0. The van der Waals surface area contributed by atoms with Gasteiger partial charge in [-0.25, -0.2) is 0 Å². The molecule has 0 aromatic heterocycles. The second kappa shape index (κ2) is 8.88. The Labute approximate surface area is 150 Å². The maximum atomic E-state index is 12.0. The minimum absolute atomic E-state index is 0.174. The lowest BCUT2D eigenvalue weighted by molar-refractivity contribution is -0.138. The highest BCUT2D eigenvalue weighted by Gasteiger charge is 2.19. The standard InChI is InChI=1S/C20H30O5/c1-13(2)10-18(21)23-16-9-8-15(25-20(5,6)7)12-17(16)24-19(22)11-14(3)4/h8-9,12-14H,10-11H2,1-7H3. The van der Waals surface area contributed by atoms with Crippen LogP contribution in [0, 0.1) is 11.8 Å². The molecule has 0 aliphatic heterocycles. The van der Waals surface area contributed by atoms with Crippen LogP contribution in [-0.2, 0) is 9.59 Å². The largest absolute Gasteiger partial charge is 0.488 e. The topological polar surface area (TPSA) is 61.8 Å². The van der Waals surface area contributed by atoms with Crippen LogP contribution in [0.15, 0.2) is 18.2 Å². The van der Waals surface area contributed by atoms with Crippen molar-refractivity contribution in [3.8, 4) is 17.2 Å². The molecule has 0 atom stereocenters. The van der Waals surface area contributed by atoms with Gasteiger partial charge in [-0.2, -0.15) is 0 Å². The summed E-state index contributed by atoms with van der Waals surface area (Å²) < 4.78 is 16.6.